The number of amides is 4. The van der Waals surface area contributed by atoms with E-state index in [4.69, 9.17) is 4.74 Å². The second-order valence-corrected chi connectivity index (χ2v) is 6.65. The van der Waals surface area contributed by atoms with Crippen LogP contribution in [0.4, 0.5) is 16.2 Å². The molecule has 144 valence electrons. The molecule has 27 heavy (non-hydrogen) atoms. The molecule has 1 spiro atoms. The zero-order valence-electron chi connectivity index (χ0n) is 14.8. The molecule has 1 heterocycles. The van der Waals surface area contributed by atoms with Crippen molar-refractivity contribution in [3.8, 4) is 5.75 Å². The second kappa shape index (κ2) is 7.22. The molecule has 0 radical (unpaired) electrons. The summed E-state index contributed by atoms with van der Waals surface area (Å²) in [6.07, 6.45) is 3.79. The van der Waals surface area contributed by atoms with Gasteiger partial charge in [-0.25, -0.2) is 4.79 Å². The van der Waals surface area contributed by atoms with Crippen molar-refractivity contribution < 1.29 is 24.0 Å². The van der Waals surface area contributed by atoms with E-state index >= 15 is 0 Å². The van der Waals surface area contributed by atoms with Gasteiger partial charge in [-0.2, -0.15) is 0 Å². The number of imide groups is 1. The first-order valence-electron chi connectivity index (χ1n) is 8.63. The lowest BCUT2D eigenvalue weighted by molar-refractivity contribution is -0.384. The number of hydrogen-bond acceptors (Lipinski definition) is 6. The van der Waals surface area contributed by atoms with E-state index in [9.17, 15) is 24.5 Å². The molecule has 2 N–H and O–H groups in total. The van der Waals surface area contributed by atoms with E-state index in [2.05, 4.69) is 10.6 Å². The number of hydrogen-bond donors (Lipinski definition) is 2. The molecule has 4 amide bonds. The number of carbonyl (C=O) groups excluding carboxylic acids is 3. The van der Waals surface area contributed by atoms with Gasteiger partial charge >= 0.3 is 6.03 Å². The molecule has 10 heteroatoms. The van der Waals surface area contributed by atoms with Gasteiger partial charge in [0.1, 0.15) is 23.5 Å². The van der Waals surface area contributed by atoms with Crippen molar-refractivity contribution in [2.24, 2.45) is 0 Å². The van der Waals surface area contributed by atoms with Crippen LogP contribution in [-0.4, -0.2) is 46.9 Å². The van der Waals surface area contributed by atoms with Crippen LogP contribution >= 0.6 is 0 Å². The van der Waals surface area contributed by atoms with Gasteiger partial charge in [0.15, 0.2) is 0 Å². The smallest absolute Gasteiger partial charge is 0.325 e. The molecule has 0 bridgehead atoms. The predicted octanol–water partition coefficient (Wildman–Crippen LogP) is 1.80. The summed E-state index contributed by atoms with van der Waals surface area (Å²) in [5.41, 5.74) is -1.30. The first-order chi connectivity index (χ1) is 12.9. The SMILES string of the molecule is COc1ccc(NC(=O)CN2C(=O)NC3(CCCCC3)C2=O)c([N+](=O)[O-])c1. The number of nitro benzene ring substituents is 1. The van der Waals surface area contributed by atoms with Crippen molar-refractivity contribution in [1.29, 1.82) is 0 Å². The van der Waals surface area contributed by atoms with Crippen molar-refractivity contribution in [2.75, 3.05) is 19.0 Å². The number of rotatable bonds is 5. The van der Waals surface area contributed by atoms with Crippen molar-refractivity contribution in [1.82, 2.24) is 10.2 Å². The van der Waals surface area contributed by atoms with Crippen LogP contribution in [0.1, 0.15) is 32.1 Å². The molecule has 0 aromatic heterocycles. The van der Waals surface area contributed by atoms with Crippen LogP contribution in [0.3, 0.4) is 0 Å². The number of anilines is 1. The Morgan fingerprint density at radius 1 is 1.33 bits per heavy atom. The number of carbonyl (C=O) groups is 3. The Morgan fingerprint density at radius 3 is 2.67 bits per heavy atom. The van der Waals surface area contributed by atoms with Crippen LogP contribution in [0.2, 0.25) is 0 Å². The van der Waals surface area contributed by atoms with Gasteiger partial charge in [0.25, 0.3) is 11.6 Å². The van der Waals surface area contributed by atoms with Crippen LogP contribution in [0.5, 0.6) is 5.75 Å². The van der Waals surface area contributed by atoms with E-state index in [0.29, 0.717) is 12.8 Å². The Morgan fingerprint density at radius 2 is 2.04 bits per heavy atom. The molecule has 1 saturated carbocycles. The number of nitrogens with one attached hydrogen (secondary N) is 2. The lowest BCUT2D eigenvalue weighted by atomic mass is 9.82. The fourth-order valence-corrected chi connectivity index (χ4v) is 3.54. The summed E-state index contributed by atoms with van der Waals surface area (Å²) in [7, 11) is 1.37. The highest BCUT2D eigenvalue weighted by Gasteiger charge is 2.51. The van der Waals surface area contributed by atoms with Gasteiger partial charge in [0.2, 0.25) is 5.91 Å². The van der Waals surface area contributed by atoms with Crippen molar-refractivity contribution >= 4 is 29.2 Å². The van der Waals surface area contributed by atoms with Crippen LogP contribution in [0.25, 0.3) is 0 Å². The maximum absolute atomic E-state index is 12.7. The van der Waals surface area contributed by atoms with Crippen LogP contribution in [0.15, 0.2) is 18.2 Å². The molecule has 0 atom stereocenters. The minimum absolute atomic E-state index is 0.0368. The summed E-state index contributed by atoms with van der Waals surface area (Å²) in [6.45, 7) is -0.504. The first kappa shape index (κ1) is 18.6. The molecular weight excluding hydrogens is 356 g/mol. The van der Waals surface area contributed by atoms with E-state index in [1.807, 2.05) is 0 Å². The highest BCUT2D eigenvalue weighted by molar-refractivity contribution is 6.10. The topological polar surface area (TPSA) is 131 Å². The van der Waals surface area contributed by atoms with E-state index in [0.717, 1.165) is 24.2 Å². The standard InChI is InChI=1S/C17H20N4O6/c1-27-11-5-6-12(13(9-11)21(25)26)18-14(22)10-20-15(23)17(19-16(20)24)7-3-2-4-8-17/h5-6,9H,2-4,7-8,10H2,1H3,(H,18,22)(H,19,24). The van der Waals surface area contributed by atoms with E-state index in [1.165, 1.54) is 25.3 Å². The number of ether oxygens (including phenoxy) is 1. The van der Waals surface area contributed by atoms with Gasteiger partial charge in [-0.3, -0.25) is 24.6 Å². The number of nitrogens with zero attached hydrogens (tertiary/aromatic N) is 2. The third kappa shape index (κ3) is 3.55. The number of nitro groups is 1. The molecular formula is C17H20N4O6. The molecule has 1 saturated heterocycles. The fraction of sp³-hybridized carbons (Fsp3) is 0.471. The van der Waals surface area contributed by atoms with Gasteiger partial charge in [-0.15, -0.1) is 0 Å². The summed E-state index contributed by atoms with van der Waals surface area (Å²) in [5, 5.41) is 16.3. The Bertz CT molecular complexity index is 803. The molecule has 3 rings (SSSR count). The predicted molar refractivity (Wildman–Crippen MR) is 94.3 cm³/mol. The van der Waals surface area contributed by atoms with Crippen LogP contribution in [-0.2, 0) is 9.59 Å². The first-order valence-corrected chi connectivity index (χ1v) is 8.63. The lowest BCUT2D eigenvalue weighted by Gasteiger charge is -2.30. The summed E-state index contributed by atoms with van der Waals surface area (Å²) in [4.78, 5) is 48.6. The minimum Gasteiger partial charge on any atom is -0.496 e. The van der Waals surface area contributed by atoms with E-state index in [-0.39, 0.29) is 17.1 Å². The van der Waals surface area contributed by atoms with E-state index < -0.39 is 34.9 Å². The average Bonchev–Trinajstić information content (AvgIpc) is 2.86. The Hall–Kier alpha value is -3.17. The zero-order valence-corrected chi connectivity index (χ0v) is 14.8. The zero-order chi connectivity index (χ0) is 19.6. The third-order valence-electron chi connectivity index (χ3n) is 4.93. The summed E-state index contributed by atoms with van der Waals surface area (Å²) in [6, 6.07) is 3.37. The van der Waals surface area contributed by atoms with Gasteiger partial charge in [0.05, 0.1) is 18.1 Å². The lowest BCUT2D eigenvalue weighted by Crippen LogP contribution is -2.48. The average molecular weight is 376 g/mol. The Balaban J connectivity index is 1.72. The van der Waals surface area contributed by atoms with Crippen molar-refractivity contribution in [3.05, 3.63) is 28.3 Å². The van der Waals surface area contributed by atoms with Gasteiger partial charge in [-0.05, 0) is 25.0 Å². The summed E-state index contributed by atoms with van der Waals surface area (Å²) < 4.78 is 4.94. The molecule has 2 aliphatic rings. The molecule has 1 aromatic carbocycles. The van der Waals surface area contributed by atoms with Crippen molar-refractivity contribution in [2.45, 2.75) is 37.6 Å². The number of methoxy groups -OCH3 is 1. The third-order valence-corrected chi connectivity index (χ3v) is 4.93. The second-order valence-electron chi connectivity index (χ2n) is 6.65. The summed E-state index contributed by atoms with van der Waals surface area (Å²) >= 11 is 0. The van der Waals surface area contributed by atoms with Gasteiger partial charge in [-0.1, -0.05) is 19.3 Å². The fourth-order valence-electron chi connectivity index (χ4n) is 3.54. The van der Waals surface area contributed by atoms with Gasteiger partial charge < -0.3 is 15.4 Å². The number of benzene rings is 1. The molecule has 1 aromatic rings. The van der Waals surface area contributed by atoms with Crippen molar-refractivity contribution in [3.63, 3.8) is 0 Å². The van der Waals surface area contributed by atoms with Crippen LogP contribution < -0.4 is 15.4 Å². The normalized spacial score (nSPS) is 18.3. The molecule has 2 fully saturated rings. The largest absolute Gasteiger partial charge is 0.496 e. The van der Waals surface area contributed by atoms with E-state index in [1.54, 1.807) is 0 Å². The molecule has 1 aliphatic heterocycles. The summed E-state index contributed by atoms with van der Waals surface area (Å²) in [5.74, 6) is -0.834. The monoisotopic (exact) mass is 376 g/mol. The molecule has 10 nitrogen and oxygen atoms in total. The van der Waals surface area contributed by atoms with Crippen LogP contribution in [0, 0.1) is 10.1 Å². The minimum atomic E-state index is -0.915. The molecule has 1 aliphatic carbocycles. The maximum atomic E-state index is 12.7. The number of urea groups is 1. The Kier molecular flexibility index (Phi) is 4.98. The quantitative estimate of drug-likeness (QED) is 0.458. The Labute approximate surface area is 155 Å². The maximum Gasteiger partial charge on any atom is 0.325 e. The highest BCUT2D eigenvalue weighted by Crippen LogP contribution is 2.34. The van der Waals surface area contributed by atoms with Gasteiger partial charge in [0, 0.05) is 0 Å². The molecule has 0 unspecified atom stereocenters. The highest BCUT2D eigenvalue weighted by atomic mass is 16.6.